The van der Waals surface area contributed by atoms with E-state index in [-0.39, 0.29) is 0 Å². The Morgan fingerprint density at radius 1 is 0.284 bits per heavy atom. The number of nitriles is 1. The Hall–Kier alpha value is -10.5. The maximum absolute atomic E-state index is 12.0. The maximum atomic E-state index is 12.0. The largest absolute Gasteiger partial charge is 0.308 e. The van der Waals surface area contributed by atoms with Gasteiger partial charge in [0.15, 0.2) is 17.5 Å². The van der Waals surface area contributed by atoms with Gasteiger partial charge in [0.05, 0.1) is 39.0 Å². The first kappa shape index (κ1) is 55.4. The molecule has 0 amide bonds. The summed E-state index contributed by atoms with van der Waals surface area (Å²) in [6, 6.07) is 73.2. The second-order valence-corrected chi connectivity index (χ2v) is 24.7. The third-order valence-corrected chi connectivity index (χ3v) is 18.0. The summed E-state index contributed by atoms with van der Waals surface area (Å²) in [5.41, 5.74) is 32.8. The molecule has 0 aliphatic carbocycles. The fourth-order valence-corrected chi connectivity index (χ4v) is 14.9. The number of benzene rings is 11. The molecule has 0 spiro atoms. The Balaban J connectivity index is 1.11. The molecule has 0 bridgehead atoms. The molecule has 0 unspecified atom stereocenters. The molecule has 14 rings (SSSR count). The number of hydrogen-bond donors (Lipinski definition) is 0. The van der Waals surface area contributed by atoms with Crippen molar-refractivity contribution in [1.82, 2.24) is 24.1 Å². The molecule has 3 aromatic heterocycles. The van der Waals surface area contributed by atoms with Crippen molar-refractivity contribution in [2.75, 3.05) is 0 Å². The maximum Gasteiger partial charge on any atom is 0.166 e. The third-order valence-electron chi connectivity index (χ3n) is 18.0. The Morgan fingerprint density at radius 2 is 0.568 bits per heavy atom. The normalized spacial score (nSPS) is 11.6. The van der Waals surface area contributed by atoms with Gasteiger partial charge >= 0.3 is 0 Å². The standard InChI is InChI=1S/C82H68N6/c1-46-31-50(5)76(51(6)32-46)60-23-27-70-65(39-60)66-40-61(77-52(7)33-47(2)34-53(77)8)24-28-71(66)87(70)74-44-69(82-85-80(58-19-15-13-16-20-58)84-81(86-82)59-21-17-14-18-22-59)75(43-64(74)45-83)88-72-29-25-62(78-54(9)35-48(3)36-55(78)10)41-67(72)68-42-63(26-30-73(68)88)79-56(11)37-49(4)38-57(79)12/h13-44H,1-12H3. The van der Waals surface area contributed by atoms with Crippen LogP contribution in [0.3, 0.4) is 0 Å². The van der Waals surface area contributed by atoms with Crippen molar-refractivity contribution < 1.29 is 0 Å². The number of fused-ring (bicyclic) bond motifs is 6. The summed E-state index contributed by atoms with van der Waals surface area (Å²) >= 11 is 0. The highest BCUT2D eigenvalue weighted by atomic mass is 15.1. The fourth-order valence-electron chi connectivity index (χ4n) is 14.9. The van der Waals surface area contributed by atoms with Gasteiger partial charge in [-0.1, -0.05) is 156 Å². The van der Waals surface area contributed by atoms with Gasteiger partial charge in [0.25, 0.3) is 0 Å². The molecule has 0 N–H and O–H groups in total. The molecule has 11 aromatic carbocycles. The van der Waals surface area contributed by atoms with Crippen molar-refractivity contribution >= 4 is 43.6 Å². The van der Waals surface area contributed by atoms with Crippen LogP contribution in [0.5, 0.6) is 0 Å². The number of aromatic nitrogens is 5. The van der Waals surface area contributed by atoms with Crippen molar-refractivity contribution in [2.24, 2.45) is 0 Å². The van der Waals surface area contributed by atoms with Crippen LogP contribution in [0.15, 0.2) is 194 Å². The van der Waals surface area contributed by atoms with Crippen molar-refractivity contribution in [3.05, 3.63) is 266 Å². The van der Waals surface area contributed by atoms with E-state index >= 15 is 0 Å². The van der Waals surface area contributed by atoms with Crippen LogP contribution in [0.25, 0.3) is 134 Å². The summed E-state index contributed by atoms with van der Waals surface area (Å²) in [5.74, 6) is 1.58. The first-order valence-electron chi connectivity index (χ1n) is 30.5. The fraction of sp³-hybridized carbons (Fsp3) is 0.146. The van der Waals surface area contributed by atoms with Crippen molar-refractivity contribution in [3.63, 3.8) is 0 Å². The molecule has 0 aliphatic heterocycles. The molecule has 0 atom stereocenters. The average Bonchev–Trinajstić information content (AvgIpc) is 1.59. The quantitative estimate of drug-likeness (QED) is 0.144. The predicted octanol–water partition coefficient (Wildman–Crippen LogP) is 21.3. The van der Waals surface area contributed by atoms with Gasteiger partial charge in [-0.2, -0.15) is 5.26 Å². The first-order valence-corrected chi connectivity index (χ1v) is 30.5. The summed E-state index contributed by atoms with van der Waals surface area (Å²) in [6.45, 7) is 26.4. The van der Waals surface area contributed by atoms with Crippen LogP contribution in [-0.2, 0) is 0 Å². The van der Waals surface area contributed by atoms with E-state index in [1.54, 1.807) is 0 Å². The van der Waals surface area contributed by atoms with Crippen LogP contribution in [0.4, 0.5) is 0 Å². The molecular formula is C82H68N6. The van der Waals surface area contributed by atoms with Crippen molar-refractivity contribution in [3.8, 4) is 96.1 Å². The van der Waals surface area contributed by atoms with E-state index in [9.17, 15) is 5.26 Å². The summed E-state index contributed by atoms with van der Waals surface area (Å²) in [5, 5.41) is 16.3. The van der Waals surface area contributed by atoms with Gasteiger partial charge in [-0.15, -0.1) is 0 Å². The lowest BCUT2D eigenvalue weighted by atomic mass is 9.91. The summed E-state index contributed by atoms with van der Waals surface area (Å²) in [6.07, 6.45) is 0. The lowest BCUT2D eigenvalue weighted by Crippen LogP contribution is -2.07. The van der Waals surface area contributed by atoms with Crippen LogP contribution in [0.2, 0.25) is 0 Å². The zero-order chi connectivity index (χ0) is 61.0. The molecular weight excluding hydrogens is 1070 g/mol. The van der Waals surface area contributed by atoms with Gasteiger partial charge in [0, 0.05) is 38.2 Å². The monoisotopic (exact) mass is 1140 g/mol. The molecule has 88 heavy (non-hydrogen) atoms. The number of aryl methyl sites for hydroxylation is 12. The number of hydrogen-bond acceptors (Lipinski definition) is 4. The molecule has 0 aliphatic rings. The van der Waals surface area contributed by atoms with Gasteiger partial charge < -0.3 is 9.13 Å². The second-order valence-electron chi connectivity index (χ2n) is 24.7. The van der Waals surface area contributed by atoms with Gasteiger partial charge in [-0.25, -0.2) is 15.0 Å². The van der Waals surface area contributed by atoms with Crippen LogP contribution < -0.4 is 0 Å². The van der Waals surface area contributed by atoms with E-state index in [4.69, 9.17) is 15.0 Å². The van der Waals surface area contributed by atoms with E-state index < -0.39 is 0 Å². The van der Waals surface area contributed by atoms with Gasteiger partial charge in [-0.3, -0.25) is 0 Å². The van der Waals surface area contributed by atoms with Gasteiger partial charge in [0.2, 0.25) is 0 Å². The van der Waals surface area contributed by atoms with E-state index in [0.717, 1.165) is 93.9 Å². The number of nitrogens with zero attached hydrogens (tertiary/aromatic N) is 6. The molecule has 0 saturated heterocycles. The molecule has 6 heteroatoms. The average molecular weight is 1140 g/mol. The summed E-state index contributed by atoms with van der Waals surface area (Å²) < 4.78 is 4.65. The molecule has 0 saturated carbocycles. The minimum atomic E-state index is 0.481. The van der Waals surface area contributed by atoms with E-state index in [2.05, 4.69) is 256 Å². The highest BCUT2D eigenvalue weighted by Gasteiger charge is 2.27. The van der Waals surface area contributed by atoms with Crippen LogP contribution in [0, 0.1) is 94.4 Å². The predicted molar refractivity (Wildman–Crippen MR) is 368 cm³/mol. The SMILES string of the molecule is Cc1cc(C)c(-c2ccc3c(c2)c2cc(-c4c(C)cc(C)cc4C)ccc2n3-c2cc(-c3nc(-c4ccccc4)nc(-c4ccccc4)n3)c(-n3c4ccc(-c5c(C)cc(C)cc5C)cc4c4cc(-c5c(C)cc(C)cc5C)ccc43)cc2C#N)c(C)c1. The summed E-state index contributed by atoms with van der Waals surface area (Å²) in [7, 11) is 0. The minimum Gasteiger partial charge on any atom is -0.308 e. The topological polar surface area (TPSA) is 72.3 Å². The van der Waals surface area contributed by atoms with Crippen molar-refractivity contribution in [2.45, 2.75) is 83.1 Å². The molecule has 0 radical (unpaired) electrons. The van der Waals surface area contributed by atoms with Gasteiger partial charge in [0.1, 0.15) is 6.07 Å². The second kappa shape index (κ2) is 21.5. The van der Waals surface area contributed by atoms with Crippen LogP contribution in [0.1, 0.15) is 72.3 Å². The number of rotatable bonds is 9. The lowest BCUT2D eigenvalue weighted by Gasteiger charge is -2.19. The van der Waals surface area contributed by atoms with E-state index in [1.165, 1.54) is 89.0 Å². The zero-order valence-corrected chi connectivity index (χ0v) is 52.2. The summed E-state index contributed by atoms with van der Waals surface area (Å²) in [4.78, 5) is 16.2. The van der Waals surface area contributed by atoms with Crippen LogP contribution in [-0.4, -0.2) is 24.1 Å². The zero-order valence-electron chi connectivity index (χ0n) is 52.2. The molecule has 6 nitrogen and oxygen atoms in total. The Morgan fingerprint density at radius 3 is 0.864 bits per heavy atom. The van der Waals surface area contributed by atoms with E-state index in [1.807, 2.05) is 36.4 Å². The lowest BCUT2D eigenvalue weighted by molar-refractivity contribution is 1.06. The Kier molecular flexibility index (Phi) is 13.5. The molecule has 426 valence electrons. The molecule has 0 fully saturated rings. The van der Waals surface area contributed by atoms with E-state index in [0.29, 0.717) is 23.0 Å². The minimum absolute atomic E-state index is 0.481. The highest BCUT2D eigenvalue weighted by Crippen LogP contribution is 2.46. The molecule has 3 heterocycles. The smallest absolute Gasteiger partial charge is 0.166 e. The highest BCUT2D eigenvalue weighted by molar-refractivity contribution is 6.14. The van der Waals surface area contributed by atoms with Gasteiger partial charge in [-0.05, 0) is 233 Å². The molecule has 14 aromatic rings. The van der Waals surface area contributed by atoms with Crippen molar-refractivity contribution in [1.29, 1.82) is 5.26 Å². The first-order chi connectivity index (χ1) is 42.5. The Labute approximate surface area is 515 Å². The Bertz CT molecular complexity index is 4900. The van der Waals surface area contributed by atoms with Crippen LogP contribution >= 0.6 is 0 Å². The third kappa shape index (κ3) is 9.37.